The van der Waals surface area contributed by atoms with Gasteiger partial charge in [0.05, 0.1) is 26.4 Å². The molecule has 0 aliphatic rings. The highest BCUT2D eigenvalue weighted by Gasteiger charge is 2.30. The van der Waals surface area contributed by atoms with Crippen molar-refractivity contribution in [3.63, 3.8) is 0 Å². The Morgan fingerprint density at radius 1 is 0.262 bits per heavy atom. The monoisotopic (exact) mass is 1510 g/mol. The van der Waals surface area contributed by atoms with Crippen LogP contribution in [0, 0.1) is 11.8 Å². The molecule has 0 aliphatic heterocycles. The van der Waals surface area contributed by atoms with Gasteiger partial charge >= 0.3 is 39.5 Å². The number of hydrogen-bond donors (Lipinski definition) is 3. The molecule has 19 heteroatoms. The topological polar surface area (TPSA) is 237 Å². The van der Waals surface area contributed by atoms with E-state index >= 15 is 0 Å². The number of phosphoric acid groups is 2. The second kappa shape index (κ2) is 75.5. The van der Waals surface area contributed by atoms with Crippen molar-refractivity contribution in [1.82, 2.24) is 0 Å². The molecular formula is C84H164O17P2. The van der Waals surface area contributed by atoms with Crippen molar-refractivity contribution in [1.29, 1.82) is 0 Å². The maximum absolute atomic E-state index is 13.1. The summed E-state index contributed by atoms with van der Waals surface area (Å²) in [7, 11) is -9.92. The molecule has 103 heavy (non-hydrogen) atoms. The number of hydrogen-bond acceptors (Lipinski definition) is 15. The summed E-state index contributed by atoms with van der Waals surface area (Å²) in [6.45, 7) is 9.68. The zero-order valence-corrected chi connectivity index (χ0v) is 69.4. The van der Waals surface area contributed by atoms with E-state index in [9.17, 15) is 43.2 Å². The van der Waals surface area contributed by atoms with E-state index in [1.165, 1.54) is 263 Å². The van der Waals surface area contributed by atoms with Gasteiger partial charge in [0, 0.05) is 25.7 Å². The normalized spacial score (nSPS) is 13.9. The SMILES string of the molecule is CCCCCCCCCCCCCCCCCCCC(=O)OC[C@H](COP(=O)(O)OC[C@@H](O)COP(=O)(O)OC[C@@H](COC(=O)CCCCCCCCCCCCCC)OC(=O)CCCCCCCCCCCCC(C)C)OC(=O)CCCCCCCCCCCCCCCCCCCCC(C)C. The third kappa shape index (κ3) is 78.0. The van der Waals surface area contributed by atoms with Gasteiger partial charge in [-0.25, -0.2) is 9.13 Å². The van der Waals surface area contributed by atoms with E-state index in [-0.39, 0.29) is 25.7 Å². The molecule has 0 radical (unpaired) electrons. The van der Waals surface area contributed by atoms with Crippen LogP contribution in [0.15, 0.2) is 0 Å². The molecule has 0 aromatic carbocycles. The van der Waals surface area contributed by atoms with E-state index in [1.807, 2.05) is 0 Å². The van der Waals surface area contributed by atoms with E-state index in [1.54, 1.807) is 0 Å². The third-order valence-corrected chi connectivity index (χ3v) is 21.6. The molecule has 0 aliphatic carbocycles. The summed E-state index contributed by atoms with van der Waals surface area (Å²) in [5.74, 6) is -0.531. The van der Waals surface area contributed by atoms with E-state index in [2.05, 4.69) is 41.5 Å². The van der Waals surface area contributed by atoms with Crippen LogP contribution in [0.5, 0.6) is 0 Å². The lowest BCUT2D eigenvalue weighted by atomic mass is 10.0. The summed E-state index contributed by atoms with van der Waals surface area (Å²) in [5, 5.41) is 10.7. The Labute approximate surface area is 632 Å². The van der Waals surface area contributed by atoms with Crippen LogP contribution in [0.2, 0.25) is 0 Å². The van der Waals surface area contributed by atoms with Gasteiger partial charge in [-0.2, -0.15) is 0 Å². The van der Waals surface area contributed by atoms with E-state index in [0.717, 1.165) is 102 Å². The van der Waals surface area contributed by atoms with E-state index in [4.69, 9.17) is 37.0 Å². The first-order chi connectivity index (χ1) is 49.9. The Kier molecular flexibility index (Phi) is 74.1. The standard InChI is InChI=1S/C84H164O17P2/c1-7-9-11-13-15-17-19-21-22-25-29-32-36-43-49-55-61-67-82(87)95-72-79(100-83(88)68-62-56-50-44-37-33-30-27-24-23-26-28-31-34-40-46-52-58-64-76(3)4)74-98-102(90,91)96-70-78(85)71-97-103(92,93)99-75-80(73-94-81(86)66-60-54-48-42-35-20-18-16-14-12-10-8-2)101-84(89)69-63-57-51-45-39-38-41-47-53-59-65-77(5)6/h76-80,85H,7-75H2,1-6H3,(H,90,91)(H,92,93)/t78-,79-,80-/m1/s1. The molecule has 2 unspecified atom stereocenters. The van der Waals surface area contributed by atoms with Crippen LogP contribution in [0.1, 0.15) is 446 Å². The zero-order valence-electron chi connectivity index (χ0n) is 67.6. The number of carbonyl (C=O) groups is 4. The van der Waals surface area contributed by atoms with Crippen LogP contribution >= 0.6 is 15.6 Å². The summed E-state index contributed by atoms with van der Waals surface area (Å²) < 4.78 is 68.8. The Bertz CT molecular complexity index is 1980. The van der Waals surface area contributed by atoms with E-state index < -0.39 is 97.5 Å². The Morgan fingerprint density at radius 2 is 0.447 bits per heavy atom. The second-order valence-corrected chi connectivity index (χ2v) is 34.1. The number of rotatable bonds is 83. The first-order valence-electron chi connectivity index (χ1n) is 43.5. The molecule has 0 bridgehead atoms. The molecule has 5 atom stereocenters. The molecule has 0 aromatic rings. The van der Waals surface area contributed by atoms with Crippen molar-refractivity contribution in [2.24, 2.45) is 11.8 Å². The summed E-state index contributed by atoms with van der Waals surface area (Å²) in [6, 6.07) is 0. The molecule has 0 saturated heterocycles. The molecule has 0 amide bonds. The Morgan fingerprint density at radius 3 is 0.660 bits per heavy atom. The minimum absolute atomic E-state index is 0.107. The van der Waals surface area contributed by atoms with Crippen molar-refractivity contribution >= 4 is 39.5 Å². The third-order valence-electron chi connectivity index (χ3n) is 19.7. The van der Waals surface area contributed by atoms with Crippen LogP contribution in [0.25, 0.3) is 0 Å². The second-order valence-electron chi connectivity index (χ2n) is 31.2. The largest absolute Gasteiger partial charge is 0.472 e. The fraction of sp³-hybridized carbons (Fsp3) is 0.952. The summed E-state index contributed by atoms with van der Waals surface area (Å²) >= 11 is 0. The fourth-order valence-corrected chi connectivity index (χ4v) is 14.6. The molecule has 3 N–H and O–H groups in total. The lowest BCUT2D eigenvalue weighted by Gasteiger charge is -2.21. The highest BCUT2D eigenvalue weighted by molar-refractivity contribution is 7.47. The fourth-order valence-electron chi connectivity index (χ4n) is 13.1. The average molecular weight is 1510 g/mol. The maximum atomic E-state index is 13.1. The predicted octanol–water partition coefficient (Wildman–Crippen LogP) is 25.5. The lowest BCUT2D eigenvalue weighted by Crippen LogP contribution is -2.30. The van der Waals surface area contributed by atoms with Crippen molar-refractivity contribution < 1.29 is 80.2 Å². The van der Waals surface area contributed by atoms with Gasteiger partial charge in [-0.3, -0.25) is 37.3 Å². The number of esters is 4. The van der Waals surface area contributed by atoms with Crippen LogP contribution in [-0.4, -0.2) is 96.7 Å². The number of carbonyl (C=O) groups excluding carboxylic acids is 4. The molecule has 0 aromatic heterocycles. The van der Waals surface area contributed by atoms with Crippen LogP contribution in [0.4, 0.5) is 0 Å². The van der Waals surface area contributed by atoms with E-state index in [0.29, 0.717) is 25.7 Å². The van der Waals surface area contributed by atoms with Gasteiger partial charge in [-0.15, -0.1) is 0 Å². The molecule has 0 saturated carbocycles. The molecule has 0 spiro atoms. The molecule has 0 fully saturated rings. The van der Waals surface area contributed by atoms with Crippen molar-refractivity contribution in [2.75, 3.05) is 39.6 Å². The van der Waals surface area contributed by atoms with Gasteiger partial charge in [0.2, 0.25) is 0 Å². The molecule has 612 valence electrons. The molecule has 0 heterocycles. The summed E-state index contributed by atoms with van der Waals surface area (Å²) in [5.41, 5.74) is 0. The van der Waals surface area contributed by atoms with Crippen LogP contribution < -0.4 is 0 Å². The summed E-state index contributed by atoms with van der Waals surface area (Å²) in [6.07, 6.45) is 66.6. The number of aliphatic hydroxyl groups excluding tert-OH is 1. The van der Waals surface area contributed by atoms with Crippen molar-refractivity contribution in [3.05, 3.63) is 0 Å². The number of phosphoric ester groups is 2. The van der Waals surface area contributed by atoms with Crippen LogP contribution in [-0.2, 0) is 65.4 Å². The molecule has 0 rings (SSSR count). The smallest absolute Gasteiger partial charge is 0.462 e. The van der Waals surface area contributed by atoms with Crippen LogP contribution in [0.3, 0.4) is 0 Å². The zero-order chi connectivity index (χ0) is 75.6. The van der Waals surface area contributed by atoms with Crippen molar-refractivity contribution in [2.45, 2.75) is 464 Å². The number of unbranched alkanes of at least 4 members (excludes halogenated alkanes) is 53. The highest BCUT2D eigenvalue weighted by atomic mass is 31.2. The first kappa shape index (κ1) is 101. The lowest BCUT2D eigenvalue weighted by molar-refractivity contribution is -0.161. The first-order valence-corrected chi connectivity index (χ1v) is 46.5. The van der Waals surface area contributed by atoms with Gasteiger partial charge in [-0.1, -0.05) is 395 Å². The number of ether oxygens (including phenoxy) is 4. The average Bonchev–Trinajstić information content (AvgIpc) is 0.916. The van der Waals surface area contributed by atoms with Gasteiger partial charge in [0.15, 0.2) is 12.2 Å². The number of aliphatic hydroxyl groups is 1. The van der Waals surface area contributed by atoms with Crippen molar-refractivity contribution in [3.8, 4) is 0 Å². The minimum atomic E-state index is -4.96. The maximum Gasteiger partial charge on any atom is 0.472 e. The molecular weight excluding hydrogens is 1340 g/mol. The minimum Gasteiger partial charge on any atom is -0.462 e. The highest BCUT2D eigenvalue weighted by Crippen LogP contribution is 2.45. The van der Waals surface area contributed by atoms with Gasteiger partial charge in [0.25, 0.3) is 0 Å². The van der Waals surface area contributed by atoms with Gasteiger partial charge in [0.1, 0.15) is 19.3 Å². The van der Waals surface area contributed by atoms with Gasteiger partial charge in [-0.05, 0) is 37.5 Å². The molecule has 17 nitrogen and oxygen atoms in total. The Hall–Kier alpha value is -1.94. The summed E-state index contributed by atoms with van der Waals surface area (Å²) in [4.78, 5) is 73.1. The Balaban J connectivity index is 5.24. The van der Waals surface area contributed by atoms with Gasteiger partial charge < -0.3 is 33.8 Å². The predicted molar refractivity (Wildman–Crippen MR) is 423 cm³/mol. The quantitative estimate of drug-likeness (QED) is 0.0222.